The molecule has 0 aromatic heterocycles. The first-order valence-corrected chi connectivity index (χ1v) is 8.04. The second-order valence-electron chi connectivity index (χ2n) is 6.18. The molecule has 2 atom stereocenters. The van der Waals surface area contributed by atoms with Crippen LogP contribution in [-0.2, 0) is 9.53 Å². The minimum atomic E-state index is -0.678. The Bertz CT molecular complexity index is 488. The van der Waals surface area contributed by atoms with Crippen molar-refractivity contribution in [2.45, 2.75) is 5.92 Å². The zero-order chi connectivity index (χ0) is 15.4. The molecule has 22 heavy (non-hydrogen) atoms. The average molecular weight is 304 g/mol. The Hall–Kier alpha value is -1.43. The Morgan fingerprint density at radius 1 is 1.09 bits per heavy atom. The second-order valence-corrected chi connectivity index (χ2v) is 6.18. The molecule has 0 bridgehead atoms. The Morgan fingerprint density at radius 2 is 1.77 bits per heavy atom. The highest BCUT2D eigenvalue weighted by molar-refractivity contribution is 5.72. The highest BCUT2D eigenvalue weighted by atomic mass is 16.5. The molecule has 0 amide bonds. The largest absolute Gasteiger partial charge is 0.481 e. The van der Waals surface area contributed by atoms with Gasteiger partial charge in [-0.3, -0.25) is 9.69 Å². The number of aliphatic carboxylic acids is 1. The van der Waals surface area contributed by atoms with Gasteiger partial charge >= 0.3 is 5.97 Å². The molecule has 1 N–H and O–H groups in total. The molecule has 2 heterocycles. The van der Waals surface area contributed by atoms with E-state index in [9.17, 15) is 9.90 Å². The number of rotatable bonds is 5. The van der Waals surface area contributed by atoms with Gasteiger partial charge < -0.3 is 14.7 Å². The fraction of sp³-hybridized carbons (Fsp3) is 0.588. The number of carboxylic acid groups (broad SMARTS) is 1. The molecule has 0 aliphatic carbocycles. The number of carbonyl (C=O) groups is 1. The fourth-order valence-electron chi connectivity index (χ4n) is 3.46. The molecule has 0 saturated carbocycles. The summed E-state index contributed by atoms with van der Waals surface area (Å²) in [6.07, 6.45) is 0. The molecule has 0 radical (unpaired) electrons. The van der Waals surface area contributed by atoms with Gasteiger partial charge in [0.25, 0.3) is 0 Å². The fourth-order valence-corrected chi connectivity index (χ4v) is 3.46. The standard InChI is InChI=1S/C17H24N2O3/c20-17(21)16-13-19(7-6-18-8-10-22-11-9-18)12-15(16)14-4-2-1-3-5-14/h1-5,15-16H,6-13H2,(H,20,21)/t15-,16+/m0/s1. The van der Waals surface area contributed by atoms with Crippen LogP contribution >= 0.6 is 0 Å². The van der Waals surface area contributed by atoms with Crippen LogP contribution < -0.4 is 0 Å². The Balaban J connectivity index is 1.59. The molecule has 120 valence electrons. The lowest BCUT2D eigenvalue weighted by molar-refractivity contribution is -0.141. The van der Waals surface area contributed by atoms with Gasteiger partial charge in [-0.25, -0.2) is 0 Å². The maximum atomic E-state index is 11.6. The molecule has 2 aliphatic rings. The van der Waals surface area contributed by atoms with Crippen LogP contribution in [0.1, 0.15) is 11.5 Å². The summed E-state index contributed by atoms with van der Waals surface area (Å²) in [5.74, 6) is -0.877. The number of morpholine rings is 1. The van der Waals surface area contributed by atoms with Crippen LogP contribution in [0.15, 0.2) is 30.3 Å². The van der Waals surface area contributed by atoms with Gasteiger partial charge in [-0.2, -0.15) is 0 Å². The van der Waals surface area contributed by atoms with Crippen molar-refractivity contribution in [3.63, 3.8) is 0 Å². The van der Waals surface area contributed by atoms with E-state index in [0.717, 1.165) is 51.5 Å². The van der Waals surface area contributed by atoms with Crippen molar-refractivity contribution in [1.82, 2.24) is 9.80 Å². The van der Waals surface area contributed by atoms with Crippen LogP contribution in [-0.4, -0.2) is 73.4 Å². The van der Waals surface area contributed by atoms with Gasteiger partial charge in [0.15, 0.2) is 0 Å². The van der Waals surface area contributed by atoms with Gasteiger partial charge in [0.1, 0.15) is 0 Å². The van der Waals surface area contributed by atoms with E-state index in [2.05, 4.69) is 9.80 Å². The molecule has 2 fully saturated rings. The van der Waals surface area contributed by atoms with Gasteiger partial charge in [-0.15, -0.1) is 0 Å². The van der Waals surface area contributed by atoms with E-state index >= 15 is 0 Å². The molecular weight excluding hydrogens is 280 g/mol. The highest BCUT2D eigenvalue weighted by Gasteiger charge is 2.38. The first kappa shape index (κ1) is 15.5. The third kappa shape index (κ3) is 3.66. The highest BCUT2D eigenvalue weighted by Crippen LogP contribution is 2.32. The minimum absolute atomic E-state index is 0.100. The van der Waals surface area contributed by atoms with Crippen molar-refractivity contribution >= 4 is 5.97 Å². The summed E-state index contributed by atoms with van der Waals surface area (Å²) in [4.78, 5) is 16.3. The zero-order valence-corrected chi connectivity index (χ0v) is 12.9. The molecule has 0 spiro atoms. The van der Waals surface area contributed by atoms with Crippen LogP contribution in [0.2, 0.25) is 0 Å². The maximum Gasteiger partial charge on any atom is 0.308 e. The van der Waals surface area contributed by atoms with Crippen molar-refractivity contribution in [2.24, 2.45) is 5.92 Å². The van der Waals surface area contributed by atoms with Crippen molar-refractivity contribution in [3.8, 4) is 0 Å². The molecule has 2 saturated heterocycles. The first-order chi connectivity index (χ1) is 10.7. The minimum Gasteiger partial charge on any atom is -0.481 e. The van der Waals surface area contributed by atoms with E-state index in [0.29, 0.717) is 6.54 Å². The van der Waals surface area contributed by atoms with E-state index in [4.69, 9.17) is 4.74 Å². The summed E-state index contributed by atoms with van der Waals surface area (Å²) in [6.45, 7) is 7.01. The van der Waals surface area contributed by atoms with Crippen LogP contribution in [0.5, 0.6) is 0 Å². The molecule has 2 aliphatic heterocycles. The quantitative estimate of drug-likeness (QED) is 0.883. The Labute approximate surface area is 131 Å². The third-order valence-corrected chi connectivity index (χ3v) is 4.78. The molecule has 5 nitrogen and oxygen atoms in total. The van der Waals surface area contributed by atoms with Gasteiger partial charge in [0.05, 0.1) is 19.1 Å². The number of likely N-dealkylation sites (tertiary alicyclic amines) is 1. The van der Waals surface area contributed by atoms with E-state index in [1.807, 2.05) is 30.3 Å². The number of ether oxygens (including phenoxy) is 1. The smallest absolute Gasteiger partial charge is 0.308 e. The lowest BCUT2D eigenvalue weighted by atomic mass is 9.89. The monoisotopic (exact) mass is 304 g/mol. The van der Waals surface area contributed by atoms with Crippen LogP contribution in [0.3, 0.4) is 0 Å². The van der Waals surface area contributed by atoms with Gasteiger partial charge in [-0.05, 0) is 5.56 Å². The molecule has 0 unspecified atom stereocenters. The van der Waals surface area contributed by atoms with Crippen molar-refractivity contribution < 1.29 is 14.6 Å². The molecule has 5 heteroatoms. The molecule has 1 aromatic carbocycles. The van der Waals surface area contributed by atoms with Gasteiger partial charge in [-0.1, -0.05) is 30.3 Å². The number of carboxylic acids is 1. The van der Waals surface area contributed by atoms with Gasteiger partial charge in [0, 0.05) is 45.2 Å². The number of hydrogen-bond acceptors (Lipinski definition) is 4. The normalized spacial score (nSPS) is 27.1. The summed E-state index contributed by atoms with van der Waals surface area (Å²) in [7, 11) is 0. The summed E-state index contributed by atoms with van der Waals surface area (Å²) in [5, 5.41) is 9.53. The number of benzene rings is 1. The van der Waals surface area contributed by atoms with Crippen LogP contribution in [0.25, 0.3) is 0 Å². The summed E-state index contributed by atoms with van der Waals surface area (Å²) in [5.41, 5.74) is 1.14. The van der Waals surface area contributed by atoms with Crippen LogP contribution in [0.4, 0.5) is 0 Å². The maximum absolute atomic E-state index is 11.6. The SMILES string of the molecule is O=C(O)[C@@H]1CN(CCN2CCOCC2)C[C@H]1c1ccccc1. The van der Waals surface area contributed by atoms with E-state index in [1.165, 1.54) is 0 Å². The summed E-state index contributed by atoms with van der Waals surface area (Å²) < 4.78 is 5.36. The predicted octanol–water partition coefficient (Wildman–Crippen LogP) is 1.12. The summed E-state index contributed by atoms with van der Waals surface area (Å²) in [6, 6.07) is 10.1. The lowest BCUT2D eigenvalue weighted by Crippen LogP contribution is -2.41. The molecule has 1 aromatic rings. The second kappa shape index (κ2) is 7.22. The Kier molecular flexibility index (Phi) is 5.08. The first-order valence-electron chi connectivity index (χ1n) is 8.04. The molecule has 3 rings (SSSR count). The van der Waals surface area contributed by atoms with Gasteiger partial charge in [0.2, 0.25) is 0 Å². The van der Waals surface area contributed by atoms with E-state index < -0.39 is 5.97 Å². The van der Waals surface area contributed by atoms with Crippen molar-refractivity contribution in [2.75, 3.05) is 52.5 Å². The predicted molar refractivity (Wildman–Crippen MR) is 84.0 cm³/mol. The number of nitrogens with zero attached hydrogens (tertiary/aromatic N) is 2. The third-order valence-electron chi connectivity index (χ3n) is 4.78. The van der Waals surface area contributed by atoms with Crippen molar-refractivity contribution in [3.05, 3.63) is 35.9 Å². The summed E-state index contributed by atoms with van der Waals surface area (Å²) >= 11 is 0. The molecular formula is C17H24N2O3. The van der Waals surface area contributed by atoms with Crippen LogP contribution in [0, 0.1) is 5.92 Å². The average Bonchev–Trinajstić information content (AvgIpc) is 2.99. The topological polar surface area (TPSA) is 53.0 Å². The lowest BCUT2D eigenvalue weighted by Gasteiger charge is -2.28. The van der Waals surface area contributed by atoms with Crippen molar-refractivity contribution in [1.29, 1.82) is 0 Å². The zero-order valence-electron chi connectivity index (χ0n) is 12.9. The van der Waals surface area contributed by atoms with E-state index in [1.54, 1.807) is 0 Å². The number of hydrogen-bond donors (Lipinski definition) is 1. The Morgan fingerprint density at radius 3 is 2.45 bits per heavy atom. The van der Waals surface area contributed by atoms with E-state index in [-0.39, 0.29) is 11.8 Å².